The van der Waals surface area contributed by atoms with Crippen molar-refractivity contribution in [3.8, 4) is 10.7 Å². The second-order valence-electron chi connectivity index (χ2n) is 12.6. The molecular formula is C32H40N10O2S. The van der Waals surface area contributed by atoms with Crippen LogP contribution in [0, 0.1) is 16.7 Å². The average molecular weight is 629 g/mol. The van der Waals surface area contributed by atoms with Gasteiger partial charge in [-0.15, -0.1) is 11.3 Å². The van der Waals surface area contributed by atoms with Crippen LogP contribution in [0.15, 0.2) is 43.0 Å². The van der Waals surface area contributed by atoms with Gasteiger partial charge >= 0.3 is 0 Å². The summed E-state index contributed by atoms with van der Waals surface area (Å²) >= 11 is 1.63. The van der Waals surface area contributed by atoms with E-state index in [4.69, 9.17) is 20.9 Å². The van der Waals surface area contributed by atoms with E-state index in [-0.39, 0.29) is 11.8 Å². The molecule has 0 saturated carbocycles. The van der Waals surface area contributed by atoms with Crippen molar-refractivity contribution in [1.29, 1.82) is 5.41 Å². The largest absolute Gasteiger partial charge is 0.397 e. The summed E-state index contributed by atoms with van der Waals surface area (Å²) in [4.78, 5) is 35.1. The van der Waals surface area contributed by atoms with E-state index in [1.165, 1.54) is 5.57 Å². The minimum Gasteiger partial charge on any atom is -0.397 e. The SMILES string of the molecule is C=C(CN1CC[C@]2(CCN(c3ccc(N)c(C(=N)C4CCOCC4)n3)C2=O)C1)N1CC=C(c2ncc(-c3ncn(C)n3)s2)CC1. The number of likely N-dealkylation sites (tertiary alicyclic amines) is 1. The number of nitrogens with one attached hydrogen (secondary N) is 1. The first-order valence-corrected chi connectivity index (χ1v) is 16.5. The average Bonchev–Trinajstić information content (AvgIpc) is 3.87. The second kappa shape index (κ2) is 12.1. The van der Waals surface area contributed by atoms with Crippen molar-refractivity contribution in [2.24, 2.45) is 18.4 Å². The predicted molar refractivity (Wildman–Crippen MR) is 175 cm³/mol. The highest BCUT2D eigenvalue weighted by Crippen LogP contribution is 2.42. The summed E-state index contributed by atoms with van der Waals surface area (Å²) in [7, 11) is 1.86. The van der Waals surface area contributed by atoms with E-state index >= 15 is 0 Å². The zero-order valence-electron chi connectivity index (χ0n) is 25.7. The van der Waals surface area contributed by atoms with Gasteiger partial charge in [-0.1, -0.05) is 12.7 Å². The number of pyridine rings is 1. The van der Waals surface area contributed by atoms with Gasteiger partial charge in [0.15, 0.2) is 5.82 Å². The highest BCUT2D eigenvalue weighted by Gasteiger charge is 2.51. The molecule has 4 aliphatic heterocycles. The molecule has 0 aliphatic carbocycles. The van der Waals surface area contributed by atoms with Crippen molar-refractivity contribution in [3.63, 3.8) is 0 Å². The lowest BCUT2D eigenvalue weighted by atomic mass is 9.85. The van der Waals surface area contributed by atoms with E-state index in [0.29, 0.717) is 48.5 Å². The molecule has 0 unspecified atom stereocenters. The van der Waals surface area contributed by atoms with Crippen LogP contribution in [-0.2, 0) is 16.6 Å². The van der Waals surface area contributed by atoms with E-state index in [1.54, 1.807) is 28.4 Å². The third kappa shape index (κ3) is 5.80. The Morgan fingerprint density at radius 2 is 2.02 bits per heavy atom. The molecule has 45 heavy (non-hydrogen) atoms. The van der Waals surface area contributed by atoms with Crippen LogP contribution in [0.4, 0.5) is 11.5 Å². The molecule has 3 aromatic rings. The number of carbonyl (C=O) groups is 1. The number of ether oxygens (including phenoxy) is 1. The van der Waals surface area contributed by atoms with Crippen molar-refractivity contribution >= 4 is 40.0 Å². The molecule has 1 amide bonds. The molecule has 7 rings (SSSR count). The van der Waals surface area contributed by atoms with E-state index < -0.39 is 5.41 Å². The van der Waals surface area contributed by atoms with E-state index in [9.17, 15) is 4.79 Å². The summed E-state index contributed by atoms with van der Waals surface area (Å²) in [5.74, 6) is 1.52. The van der Waals surface area contributed by atoms with Gasteiger partial charge in [-0.3, -0.25) is 19.3 Å². The van der Waals surface area contributed by atoms with Crippen LogP contribution in [0.5, 0.6) is 0 Å². The van der Waals surface area contributed by atoms with Crippen LogP contribution >= 0.6 is 11.3 Å². The summed E-state index contributed by atoms with van der Waals surface area (Å²) in [6, 6.07) is 3.61. The van der Waals surface area contributed by atoms with Crippen molar-refractivity contribution in [2.75, 3.05) is 63.1 Å². The maximum atomic E-state index is 13.9. The lowest BCUT2D eigenvalue weighted by Crippen LogP contribution is -2.39. The highest BCUT2D eigenvalue weighted by molar-refractivity contribution is 7.16. The molecule has 7 heterocycles. The Hall–Kier alpha value is -3.94. The molecule has 3 aromatic heterocycles. The first kappa shape index (κ1) is 29.8. The van der Waals surface area contributed by atoms with Crippen molar-refractivity contribution in [1.82, 2.24) is 34.5 Å². The van der Waals surface area contributed by atoms with Crippen LogP contribution in [0.25, 0.3) is 16.3 Å². The minimum atomic E-state index is -0.405. The third-order valence-corrected chi connectivity index (χ3v) is 10.8. The van der Waals surface area contributed by atoms with E-state index in [1.807, 2.05) is 24.2 Å². The maximum absolute atomic E-state index is 13.9. The molecule has 236 valence electrons. The molecule has 1 atom stereocenters. The van der Waals surface area contributed by atoms with Crippen LogP contribution in [0.2, 0.25) is 0 Å². The Labute approximate surface area is 267 Å². The number of hydrogen-bond acceptors (Lipinski definition) is 11. The number of hydrogen-bond donors (Lipinski definition) is 2. The van der Waals surface area contributed by atoms with E-state index in [0.717, 1.165) is 80.4 Å². The lowest BCUT2D eigenvalue weighted by molar-refractivity contribution is -0.125. The molecule has 13 heteroatoms. The van der Waals surface area contributed by atoms with Gasteiger partial charge in [0.25, 0.3) is 0 Å². The number of nitrogen functional groups attached to an aromatic ring is 1. The molecule has 3 saturated heterocycles. The molecule has 3 fully saturated rings. The number of anilines is 2. The first-order valence-electron chi connectivity index (χ1n) is 15.7. The van der Waals surface area contributed by atoms with Crippen molar-refractivity contribution in [3.05, 3.63) is 53.7 Å². The van der Waals surface area contributed by atoms with Gasteiger partial charge < -0.3 is 20.8 Å². The number of aromatic nitrogens is 5. The molecule has 1 spiro atoms. The minimum absolute atomic E-state index is 0.0813. The number of carbonyl (C=O) groups excluding carboxylic acids is 1. The lowest BCUT2D eigenvalue weighted by Gasteiger charge is -2.32. The number of rotatable bonds is 8. The standard InChI is InChI=1S/C32H40N10O2S/c1-21(41-11-5-23(6-12-41)30-35-17-25(45-30)29-36-20-39(2)38-29)18-40-13-9-32(19-40)10-14-42(31(32)43)26-4-3-24(33)28(37-26)27(34)22-7-15-44-16-8-22/h3-5,17,20,22,34H,1,6-16,18-19,33H2,2H3/t32-/m0/s1. The fourth-order valence-corrected chi connectivity index (χ4v) is 7.92. The first-order chi connectivity index (χ1) is 21.8. The van der Waals surface area contributed by atoms with Gasteiger partial charge in [-0.2, -0.15) is 5.10 Å². The zero-order chi connectivity index (χ0) is 31.1. The molecule has 3 N–H and O–H groups in total. The van der Waals surface area contributed by atoms with Gasteiger partial charge in [-0.05, 0) is 56.4 Å². The third-order valence-electron chi connectivity index (χ3n) is 9.68. The predicted octanol–water partition coefficient (Wildman–Crippen LogP) is 3.44. The smallest absolute Gasteiger partial charge is 0.235 e. The molecule has 0 aromatic carbocycles. The molecule has 4 aliphatic rings. The van der Waals surface area contributed by atoms with Crippen LogP contribution in [-0.4, -0.2) is 98.6 Å². The van der Waals surface area contributed by atoms with Crippen molar-refractivity contribution in [2.45, 2.75) is 32.1 Å². The number of thiazole rings is 1. The van der Waals surface area contributed by atoms with Gasteiger partial charge in [0.05, 0.1) is 21.7 Å². The number of amides is 1. The topological polar surface area (TPSA) is 142 Å². The van der Waals surface area contributed by atoms with Gasteiger partial charge in [0.2, 0.25) is 5.91 Å². The summed E-state index contributed by atoms with van der Waals surface area (Å²) in [5.41, 5.74) is 9.63. The molecule has 0 radical (unpaired) electrons. The fraction of sp³-hybridized carbons (Fsp3) is 0.500. The summed E-state index contributed by atoms with van der Waals surface area (Å²) in [6.07, 6.45) is 9.94. The van der Waals surface area contributed by atoms with Gasteiger partial charge in [0.1, 0.15) is 22.8 Å². The quantitative estimate of drug-likeness (QED) is 0.359. The van der Waals surface area contributed by atoms with Crippen LogP contribution in [0.3, 0.4) is 0 Å². The number of nitrogens with two attached hydrogens (primary N) is 1. The summed E-state index contributed by atoms with van der Waals surface area (Å²) in [5, 5.41) is 14.2. The van der Waals surface area contributed by atoms with Crippen LogP contribution < -0.4 is 10.6 Å². The Morgan fingerprint density at radius 3 is 2.78 bits per heavy atom. The van der Waals surface area contributed by atoms with Gasteiger partial charge in [-0.25, -0.2) is 15.0 Å². The van der Waals surface area contributed by atoms with Gasteiger partial charge in [0, 0.05) is 70.8 Å². The normalized spacial score (nSPS) is 22.9. The van der Waals surface area contributed by atoms with Crippen LogP contribution in [0.1, 0.15) is 42.8 Å². The molecule has 12 nitrogen and oxygen atoms in total. The van der Waals surface area contributed by atoms with Crippen molar-refractivity contribution < 1.29 is 9.53 Å². The molecular weight excluding hydrogens is 588 g/mol. The monoisotopic (exact) mass is 628 g/mol. The Kier molecular flexibility index (Phi) is 8.00. The Bertz CT molecular complexity index is 1660. The summed E-state index contributed by atoms with van der Waals surface area (Å²) < 4.78 is 7.17. The number of aryl methyl sites for hydroxylation is 1. The fourth-order valence-electron chi connectivity index (χ4n) is 7.00. The summed E-state index contributed by atoms with van der Waals surface area (Å²) in [6.45, 7) is 10.4. The highest BCUT2D eigenvalue weighted by atomic mass is 32.1. The molecule has 0 bridgehead atoms. The maximum Gasteiger partial charge on any atom is 0.235 e. The Balaban J connectivity index is 0.953. The van der Waals surface area contributed by atoms with E-state index in [2.05, 4.69) is 37.5 Å². The second-order valence-corrected chi connectivity index (χ2v) is 13.6. The Morgan fingerprint density at radius 1 is 1.20 bits per heavy atom. The zero-order valence-corrected chi connectivity index (χ0v) is 26.6. The number of nitrogens with zero attached hydrogens (tertiary/aromatic N) is 8.